The molecule has 0 amide bonds. The Morgan fingerprint density at radius 1 is 1.33 bits per heavy atom. The molecule has 0 bridgehead atoms. The van der Waals surface area contributed by atoms with Crippen molar-refractivity contribution in [3.05, 3.63) is 0 Å². The molecule has 0 saturated carbocycles. The zero-order chi connectivity index (χ0) is 11.9. The second-order valence-corrected chi connectivity index (χ2v) is 7.78. The Morgan fingerprint density at radius 3 is 2.40 bits per heavy atom. The number of thioether (sulfide) groups is 1. The van der Waals surface area contributed by atoms with Crippen molar-refractivity contribution in [3.8, 4) is 0 Å². The highest BCUT2D eigenvalue weighted by molar-refractivity contribution is 8.00. The summed E-state index contributed by atoms with van der Waals surface area (Å²) in [5.41, 5.74) is 0. The highest BCUT2D eigenvalue weighted by Gasteiger charge is 2.09. The molecule has 0 fully saturated rings. The van der Waals surface area contributed by atoms with E-state index in [0.717, 1.165) is 0 Å². The summed E-state index contributed by atoms with van der Waals surface area (Å²) in [6, 6.07) is 0. The highest BCUT2D eigenvalue weighted by Crippen LogP contribution is 2.10. The summed E-state index contributed by atoms with van der Waals surface area (Å²) in [6.45, 7) is 5.71. The van der Waals surface area contributed by atoms with E-state index in [2.05, 4.69) is 0 Å². The molecule has 0 unspecified atom stereocenters. The lowest BCUT2D eigenvalue weighted by molar-refractivity contribution is -0.116. The number of hydrogen-bond donors (Lipinski definition) is 0. The predicted molar refractivity (Wildman–Crippen MR) is 66.2 cm³/mol. The van der Waals surface area contributed by atoms with Crippen molar-refractivity contribution in [2.45, 2.75) is 38.9 Å². The summed E-state index contributed by atoms with van der Waals surface area (Å²) >= 11 is 1.60. The van der Waals surface area contributed by atoms with E-state index in [-0.39, 0.29) is 17.3 Å². The number of ketones is 1. The van der Waals surface area contributed by atoms with Gasteiger partial charge in [0.25, 0.3) is 0 Å². The molecule has 0 aromatic rings. The van der Waals surface area contributed by atoms with Crippen LogP contribution in [-0.2, 0) is 14.6 Å². The number of carbonyl (C=O) groups is 1. The van der Waals surface area contributed by atoms with Crippen LogP contribution < -0.4 is 0 Å². The molecule has 0 aromatic carbocycles. The van der Waals surface area contributed by atoms with Gasteiger partial charge < -0.3 is 0 Å². The van der Waals surface area contributed by atoms with Crippen LogP contribution in [0.4, 0.5) is 0 Å². The lowest BCUT2D eigenvalue weighted by atomic mass is 10.2. The number of rotatable bonds is 8. The average molecular weight is 252 g/mol. The number of sulfone groups is 1. The predicted octanol–water partition coefficient (Wildman–Crippen LogP) is 1.91. The van der Waals surface area contributed by atoms with Crippen molar-refractivity contribution in [2.24, 2.45) is 0 Å². The van der Waals surface area contributed by atoms with Gasteiger partial charge in [0.2, 0.25) is 0 Å². The molecule has 0 rings (SSSR count). The third-order valence-electron chi connectivity index (χ3n) is 1.93. The number of Topliss-reactive ketones (excluding diaryl/α,β-unsaturated/α-hetero) is 1. The minimum Gasteiger partial charge on any atom is -0.299 e. The van der Waals surface area contributed by atoms with E-state index >= 15 is 0 Å². The molecule has 15 heavy (non-hydrogen) atoms. The van der Waals surface area contributed by atoms with Gasteiger partial charge in [0.05, 0.1) is 11.5 Å². The van der Waals surface area contributed by atoms with E-state index in [1.807, 2.05) is 13.8 Å². The molecule has 0 aliphatic carbocycles. The van der Waals surface area contributed by atoms with Crippen molar-refractivity contribution in [3.63, 3.8) is 0 Å². The minimum atomic E-state index is -2.91. The van der Waals surface area contributed by atoms with Crippen molar-refractivity contribution >= 4 is 27.4 Å². The third-order valence-corrected chi connectivity index (χ3v) is 4.87. The van der Waals surface area contributed by atoms with Gasteiger partial charge >= 0.3 is 0 Å². The summed E-state index contributed by atoms with van der Waals surface area (Å²) in [4.78, 5) is 11.3. The molecule has 0 saturated heterocycles. The maximum Gasteiger partial charge on any atom is 0.150 e. The SMILES string of the molecule is CCS(=O)(=O)CCCC(=O)CSC(C)C. The van der Waals surface area contributed by atoms with Crippen LogP contribution >= 0.6 is 11.8 Å². The molecule has 0 spiro atoms. The van der Waals surface area contributed by atoms with E-state index in [1.165, 1.54) is 0 Å². The first kappa shape index (κ1) is 15.0. The molecule has 5 heteroatoms. The Hall–Kier alpha value is -0.0300. The summed E-state index contributed by atoms with van der Waals surface area (Å²) in [5.74, 6) is 0.966. The molecule has 0 aliphatic rings. The Bertz CT molecular complexity index is 281. The standard InChI is InChI=1S/C10H20O3S2/c1-4-15(12,13)7-5-6-10(11)8-14-9(2)3/h9H,4-8H2,1-3H3. The van der Waals surface area contributed by atoms with E-state index in [9.17, 15) is 13.2 Å². The minimum absolute atomic E-state index is 0.140. The van der Waals surface area contributed by atoms with Gasteiger partial charge in [-0.3, -0.25) is 4.79 Å². The second-order valence-electron chi connectivity index (χ2n) is 3.74. The average Bonchev–Trinajstić information content (AvgIpc) is 2.14. The molecule has 0 heterocycles. The normalized spacial score (nSPS) is 12.0. The summed E-state index contributed by atoms with van der Waals surface area (Å²) in [7, 11) is -2.91. The maximum absolute atomic E-state index is 11.3. The lowest BCUT2D eigenvalue weighted by Crippen LogP contribution is -2.11. The first-order chi connectivity index (χ1) is 6.87. The van der Waals surface area contributed by atoms with Crippen molar-refractivity contribution in [2.75, 3.05) is 17.3 Å². The molecule has 0 atom stereocenters. The van der Waals surface area contributed by atoms with Crippen LogP contribution in [0.2, 0.25) is 0 Å². The van der Waals surface area contributed by atoms with Crippen LogP contribution in [0.1, 0.15) is 33.6 Å². The summed E-state index contributed by atoms with van der Waals surface area (Å²) < 4.78 is 22.3. The molecular formula is C10H20O3S2. The monoisotopic (exact) mass is 252 g/mol. The van der Waals surface area contributed by atoms with Crippen LogP contribution in [0.3, 0.4) is 0 Å². The van der Waals surface area contributed by atoms with E-state index in [4.69, 9.17) is 0 Å². The van der Waals surface area contributed by atoms with Crippen LogP contribution in [0.5, 0.6) is 0 Å². The topological polar surface area (TPSA) is 51.2 Å². The molecule has 0 aliphatic heterocycles. The van der Waals surface area contributed by atoms with Crippen LogP contribution in [0.15, 0.2) is 0 Å². The van der Waals surface area contributed by atoms with Crippen molar-refractivity contribution < 1.29 is 13.2 Å². The van der Waals surface area contributed by atoms with Crippen LogP contribution in [0, 0.1) is 0 Å². The molecular weight excluding hydrogens is 232 g/mol. The second kappa shape index (κ2) is 7.28. The lowest BCUT2D eigenvalue weighted by Gasteiger charge is -2.04. The first-order valence-corrected chi connectivity index (χ1v) is 8.08. The van der Waals surface area contributed by atoms with Gasteiger partial charge in [-0.15, -0.1) is 0 Å². The van der Waals surface area contributed by atoms with Crippen molar-refractivity contribution in [1.82, 2.24) is 0 Å². The maximum atomic E-state index is 11.3. The van der Waals surface area contributed by atoms with Crippen molar-refractivity contribution in [1.29, 1.82) is 0 Å². The Morgan fingerprint density at radius 2 is 1.93 bits per heavy atom. The number of carbonyl (C=O) groups excluding carboxylic acids is 1. The van der Waals surface area contributed by atoms with Crippen LogP contribution in [0.25, 0.3) is 0 Å². The van der Waals surface area contributed by atoms with Gasteiger partial charge in [-0.05, 0) is 11.7 Å². The van der Waals surface area contributed by atoms with Gasteiger partial charge in [0.1, 0.15) is 15.6 Å². The quantitative estimate of drug-likeness (QED) is 0.662. The first-order valence-electron chi connectivity index (χ1n) is 5.21. The molecule has 3 nitrogen and oxygen atoms in total. The molecule has 0 N–H and O–H groups in total. The van der Waals surface area contributed by atoms with Gasteiger partial charge in [-0.25, -0.2) is 8.42 Å². The molecule has 0 radical (unpaired) electrons. The van der Waals surface area contributed by atoms with Gasteiger partial charge in [0.15, 0.2) is 0 Å². The van der Waals surface area contributed by atoms with E-state index in [1.54, 1.807) is 18.7 Å². The van der Waals surface area contributed by atoms with Crippen LogP contribution in [-0.4, -0.2) is 36.7 Å². The fourth-order valence-corrected chi connectivity index (χ4v) is 2.50. The van der Waals surface area contributed by atoms with Gasteiger partial charge in [0, 0.05) is 12.2 Å². The molecule has 90 valence electrons. The van der Waals surface area contributed by atoms with Gasteiger partial charge in [-0.1, -0.05) is 20.8 Å². The zero-order valence-corrected chi connectivity index (χ0v) is 11.3. The third kappa shape index (κ3) is 8.93. The zero-order valence-electron chi connectivity index (χ0n) is 9.65. The van der Waals surface area contributed by atoms with Gasteiger partial charge in [-0.2, -0.15) is 11.8 Å². The summed E-state index contributed by atoms with van der Waals surface area (Å²) in [6.07, 6.45) is 0.854. The van der Waals surface area contributed by atoms with E-state index < -0.39 is 9.84 Å². The fraction of sp³-hybridized carbons (Fsp3) is 0.900. The highest BCUT2D eigenvalue weighted by atomic mass is 32.2. The Balaban J connectivity index is 3.65. The largest absolute Gasteiger partial charge is 0.299 e. The fourth-order valence-electron chi connectivity index (χ4n) is 0.965. The smallest absolute Gasteiger partial charge is 0.150 e. The molecule has 0 aromatic heterocycles. The summed E-state index contributed by atoms with van der Waals surface area (Å²) in [5, 5.41) is 0.452. The number of hydrogen-bond acceptors (Lipinski definition) is 4. The Labute approximate surface area is 96.9 Å². The Kier molecular flexibility index (Phi) is 7.26. The van der Waals surface area contributed by atoms with E-state index in [0.29, 0.717) is 23.8 Å².